The van der Waals surface area contributed by atoms with E-state index in [1.165, 1.54) is 0 Å². The van der Waals surface area contributed by atoms with Gasteiger partial charge in [0.15, 0.2) is 5.25 Å². The first kappa shape index (κ1) is 14.9. The minimum atomic E-state index is -3.90. The zero-order chi connectivity index (χ0) is 13.9. The normalized spacial score (nSPS) is 15.1. The van der Waals surface area contributed by atoms with Crippen molar-refractivity contribution < 1.29 is 18.3 Å². The molecule has 7 heteroatoms. The van der Waals surface area contributed by atoms with Crippen LogP contribution in [-0.2, 0) is 14.8 Å². The van der Waals surface area contributed by atoms with Crippen molar-refractivity contribution >= 4 is 27.6 Å². The van der Waals surface area contributed by atoms with Crippen molar-refractivity contribution in [3.63, 3.8) is 0 Å². The van der Waals surface area contributed by atoms with Crippen LogP contribution in [0.4, 0.5) is 0 Å². The third kappa shape index (κ3) is 3.69. The summed E-state index contributed by atoms with van der Waals surface area (Å²) in [7, 11) is -3.90. The molecule has 0 aliphatic rings. The van der Waals surface area contributed by atoms with Gasteiger partial charge in [0.2, 0.25) is 10.0 Å². The number of rotatable bonds is 5. The summed E-state index contributed by atoms with van der Waals surface area (Å²) < 4.78 is 25.7. The van der Waals surface area contributed by atoms with Crippen LogP contribution in [0.2, 0.25) is 5.02 Å². The monoisotopic (exact) mass is 291 g/mol. The van der Waals surface area contributed by atoms with E-state index in [9.17, 15) is 13.2 Å². The van der Waals surface area contributed by atoms with Crippen molar-refractivity contribution in [2.45, 2.75) is 25.1 Å². The largest absolute Gasteiger partial charge is 0.480 e. The fourth-order valence-electron chi connectivity index (χ4n) is 1.30. The molecule has 0 amide bonds. The Labute approximate surface area is 111 Å². The minimum absolute atomic E-state index is 0.519. The molecule has 1 aromatic carbocycles. The Kier molecular flexibility index (Phi) is 4.72. The van der Waals surface area contributed by atoms with Gasteiger partial charge >= 0.3 is 5.97 Å². The standard InChI is InChI=1S/C11H14ClNO4S/c1-7(9-3-5-10(12)6-4-9)13-18(16,17)8(2)11(14)15/h3-8,13H,1-2H3,(H,14,15)/t7-,8?/m0/s1. The van der Waals surface area contributed by atoms with Crippen LogP contribution in [0, 0.1) is 0 Å². The number of halogens is 1. The van der Waals surface area contributed by atoms with Crippen LogP contribution in [0.25, 0.3) is 0 Å². The van der Waals surface area contributed by atoms with Crippen molar-refractivity contribution in [3.05, 3.63) is 34.9 Å². The summed E-state index contributed by atoms with van der Waals surface area (Å²) in [5.41, 5.74) is 0.709. The highest BCUT2D eigenvalue weighted by molar-refractivity contribution is 7.90. The number of carbonyl (C=O) groups is 1. The molecule has 0 saturated heterocycles. The summed E-state index contributed by atoms with van der Waals surface area (Å²) in [5, 5.41) is 7.76. The molecular formula is C11H14ClNO4S. The fourth-order valence-corrected chi connectivity index (χ4v) is 2.53. The molecule has 100 valence electrons. The Hall–Kier alpha value is -1.11. The highest BCUT2D eigenvalue weighted by Crippen LogP contribution is 2.17. The second-order valence-electron chi connectivity index (χ2n) is 3.92. The van der Waals surface area contributed by atoms with Gasteiger partial charge in [-0.1, -0.05) is 23.7 Å². The molecule has 5 nitrogen and oxygen atoms in total. The zero-order valence-electron chi connectivity index (χ0n) is 9.92. The van der Waals surface area contributed by atoms with E-state index in [4.69, 9.17) is 16.7 Å². The molecule has 0 spiro atoms. The Morgan fingerprint density at radius 3 is 2.22 bits per heavy atom. The second-order valence-corrected chi connectivity index (χ2v) is 6.39. The summed E-state index contributed by atoms with van der Waals surface area (Å²) in [6.07, 6.45) is 0. The Balaban J connectivity index is 2.85. The molecule has 0 aromatic heterocycles. The third-order valence-electron chi connectivity index (χ3n) is 2.52. The van der Waals surface area contributed by atoms with Crippen LogP contribution < -0.4 is 4.72 Å². The van der Waals surface area contributed by atoms with E-state index in [-0.39, 0.29) is 0 Å². The van der Waals surface area contributed by atoms with Crippen molar-refractivity contribution in [1.82, 2.24) is 4.72 Å². The van der Waals surface area contributed by atoms with Gasteiger partial charge in [-0.2, -0.15) is 0 Å². The molecule has 2 atom stereocenters. The molecule has 0 bridgehead atoms. The molecule has 2 N–H and O–H groups in total. The van der Waals surface area contributed by atoms with Gasteiger partial charge in [-0.25, -0.2) is 13.1 Å². The SMILES string of the molecule is CC(C(=O)O)S(=O)(=O)N[C@@H](C)c1ccc(Cl)cc1. The third-order valence-corrected chi connectivity index (χ3v) is 4.59. The minimum Gasteiger partial charge on any atom is -0.480 e. The van der Waals surface area contributed by atoms with Crippen molar-refractivity contribution in [2.75, 3.05) is 0 Å². The molecule has 0 aliphatic heterocycles. The van der Waals surface area contributed by atoms with Crippen LogP contribution in [0.3, 0.4) is 0 Å². The van der Waals surface area contributed by atoms with E-state index in [1.54, 1.807) is 31.2 Å². The number of nitrogens with one attached hydrogen (secondary N) is 1. The van der Waals surface area contributed by atoms with E-state index in [1.807, 2.05) is 0 Å². The van der Waals surface area contributed by atoms with Gasteiger partial charge in [0.25, 0.3) is 0 Å². The molecule has 1 rings (SSSR count). The van der Waals surface area contributed by atoms with E-state index in [0.717, 1.165) is 6.92 Å². The Bertz CT molecular complexity index is 526. The first-order chi connectivity index (χ1) is 8.24. The molecule has 0 radical (unpaired) electrons. The molecule has 1 aromatic rings. The van der Waals surface area contributed by atoms with E-state index >= 15 is 0 Å². The van der Waals surface area contributed by atoms with Gasteiger partial charge < -0.3 is 5.11 Å². The number of carboxylic acids is 1. The summed E-state index contributed by atoms with van der Waals surface area (Å²) in [5.74, 6) is -1.38. The lowest BCUT2D eigenvalue weighted by molar-refractivity contribution is -0.136. The Morgan fingerprint density at radius 1 is 1.28 bits per heavy atom. The highest BCUT2D eigenvalue weighted by atomic mass is 35.5. The first-order valence-electron chi connectivity index (χ1n) is 5.23. The summed E-state index contributed by atoms with van der Waals surface area (Å²) in [6, 6.07) is 6.13. The lowest BCUT2D eigenvalue weighted by atomic mass is 10.1. The van der Waals surface area contributed by atoms with Crippen molar-refractivity contribution in [2.24, 2.45) is 0 Å². The average molecular weight is 292 g/mol. The maximum atomic E-state index is 11.7. The predicted molar refractivity (Wildman–Crippen MR) is 69.0 cm³/mol. The van der Waals surface area contributed by atoms with Gasteiger partial charge in [-0.3, -0.25) is 4.79 Å². The average Bonchev–Trinajstić information content (AvgIpc) is 2.28. The quantitative estimate of drug-likeness (QED) is 0.866. The molecule has 0 heterocycles. The van der Waals surface area contributed by atoms with Gasteiger partial charge in [0.05, 0.1) is 0 Å². The number of hydrogen-bond donors (Lipinski definition) is 2. The summed E-state index contributed by atoms with van der Waals surface area (Å²) in [4.78, 5) is 10.7. The van der Waals surface area contributed by atoms with Gasteiger partial charge in [-0.05, 0) is 31.5 Å². The molecule has 18 heavy (non-hydrogen) atoms. The van der Waals surface area contributed by atoms with Crippen LogP contribution in [0.1, 0.15) is 25.5 Å². The van der Waals surface area contributed by atoms with Crippen molar-refractivity contribution in [1.29, 1.82) is 0 Å². The number of benzene rings is 1. The topological polar surface area (TPSA) is 83.5 Å². The molecule has 0 saturated carbocycles. The second kappa shape index (κ2) is 5.69. The lowest BCUT2D eigenvalue weighted by Gasteiger charge is -2.16. The van der Waals surface area contributed by atoms with Crippen LogP contribution in [0.15, 0.2) is 24.3 Å². The van der Waals surface area contributed by atoms with Gasteiger partial charge in [0.1, 0.15) is 0 Å². The predicted octanol–water partition coefficient (Wildman–Crippen LogP) is 1.79. The number of aliphatic carboxylic acids is 1. The van der Waals surface area contributed by atoms with E-state index in [0.29, 0.717) is 10.6 Å². The smallest absolute Gasteiger partial charge is 0.323 e. The van der Waals surface area contributed by atoms with Crippen LogP contribution >= 0.6 is 11.6 Å². The molecule has 0 fully saturated rings. The molecule has 1 unspecified atom stereocenters. The van der Waals surface area contributed by atoms with E-state index in [2.05, 4.69) is 4.72 Å². The first-order valence-corrected chi connectivity index (χ1v) is 7.16. The fraction of sp³-hybridized carbons (Fsp3) is 0.364. The lowest BCUT2D eigenvalue weighted by Crippen LogP contribution is -2.38. The number of sulfonamides is 1. The van der Waals surface area contributed by atoms with Crippen LogP contribution in [0.5, 0.6) is 0 Å². The highest BCUT2D eigenvalue weighted by Gasteiger charge is 2.29. The maximum Gasteiger partial charge on any atom is 0.323 e. The summed E-state index contributed by atoms with van der Waals surface area (Å²) >= 11 is 5.73. The number of carboxylic acid groups (broad SMARTS) is 1. The van der Waals surface area contributed by atoms with E-state index < -0.39 is 27.3 Å². The van der Waals surface area contributed by atoms with Gasteiger partial charge in [-0.15, -0.1) is 0 Å². The summed E-state index contributed by atoms with van der Waals surface area (Å²) in [6.45, 7) is 2.76. The van der Waals surface area contributed by atoms with Crippen LogP contribution in [-0.4, -0.2) is 24.7 Å². The van der Waals surface area contributed by atoms with Crippen molar-refractivity contribution in [3.8, 4) is 0 Å². The molecular weight excluding hydrogens is 278 g/mol. The van der Waals surface area contributed by atoms with Gasteiger partial charge in [0, 0.05) is 11.1 Å². The molecule has 0 aliphatic carbocycles. The Morgan fingerprint density at radius 2 is 1.78 bits per heavy atom. The maximum absolute atomic E-state index is 11.7. The number of hydrogen-bond acceptors (Lipinski definition) is 3. The zero-order valence-corrected chi connectivity index (χ0v) is 11.5.